The number of para-hydroxylation sites is 2. The molecular weight excluding hydrogens is 671 g/mol. The first kappa shape index (κ1) is 32.2. The predicted octanol–water partition coefficient (Wildman–Crippen LogP) is 12.4. The summed E-state index contributed by atoms with van der Waals surface area (Å²) in [6.07, 6.45) is 3.65. The number of benzene rings is 7. The Bertz CT molecular complexity index is 2940. The van der Waals surface area contributed by atoms with E-state index in [4.69, 9.17) is 15.0 Å². The van der Waals surface area contributed by atoms with Gasteiger partial charge in [-0.25, -0.2) is 15.0 Å². The second-order valence-corrected chi connectivity index (χ2v) is 13.6. The van der Waals surface area contributed by atoms with Gasteiger partial charge in [0.15, 0.2) is 17.5 Å². The minimum atomic E-state index is 0.622. The lowest BCUT2D eigenvalue weighted by Crippen LogP contribution is -2.00. The Morgan fingerprint density at radius 1 is 0.309 bits per heavy atom. The van der Waals surface area contributed by atoms with Crippen LogP contribution in [0.2, 0.25) is 0 Å². The molecular formula is C50H33N5. The molecule has 5 heteroatoms. The molecule has 0 amide bonds. The number of aromatic nitrogens is 5. The van der Waals surface area contributed by atoms with Crippen molar-refractivity contribution in [1.82, 2.24) is 24.5 Å². The van der Waals surface area contributed by atoms with E-state index in [2.05, 4.69) is 149 Å². The van der Waals surface area contributed by atoms with Crippen molar-refractivity contribution in [2.24, 2.45) is 0 Å². The molecule has 0 bridgehead atoms. The van der Waals surface area contributed by atoms with Crippen molar-refractivity contribution in [3.63, 3.8) is 0 Å². The van der Waals surface area contributed by atoms with Gasteiger partial charge in [-0.05, 0) is 70.3 Å². The Hall–Kier alpha value is -7.50. The van der Waals surface area contributed by atoms with Crippen LogP contribution in [0.4, 0.5) is 0 Å². The summed E-state index contributed by atoms with van der Waals surface area (Å²) in [5.74, 6) is 1.88. The summed E-state index contributed by atoms with van der Waals surface area (Å²) >= 11 is 0. The minimum Gasteiger partial charge on any atom is -0.309 e. The van der Waals surface area contributed by atoms with Crippen molar-refractivity contribution in [2.75, 3.05) is 0 Å². The maximum absolute atomic E-state index is 5.00. The van der Waals surface area contributed by atoms with E-state index in [-0.39, 0.29) is 0 Å². The highest BCUT2D eigenvalue weighted by Gasteiger charge is 2.15. The van der Waals surface area contributed by atoms with Gasteiger partial charge in [0, 0.05) is 51.1 Å². The van der Waals surface area contributed by atoms with Gasteiger partial charge in [0.25, 0.3) is 0 Å². The van der Waals surface area contributed by atoms with Crippen LogP contribution in [-0.4, -0.2) is 24.5 Å². The summed E-state index contributed by atoms with van der Waals surface area (Å²) < 4.78 is 2.35. The molecule has 0 aliphatic heterocycles. The second kappa shape index (κ2) is 13.8. The van der Waals surface area contributed by atoms with E-state index in [1.165, 1.54) is 32.9 Å². The van der Waals surface area contributed by atoms with Crippen molar-refractivity contribution < 1.29 is 0 Å². The first-order chi connectivity index (χ1) is 27.2. The molecule has 5 nitrogen and oxygen atoms in total. The van der Waals surface area contributed by atoms with Crippen molar-refractivity contribution in [1.29, 1.82) is 0 Å². The van der Waals surface area contributed by atoms with E-state index < -0.39 is 0 Å². The first-order valence-corrected chi connectivity index (χ1v) is 18.4. The summed E-state index contributed by atoms with van der Waals surface area (Å²) in [7, 11) is 0. The zero-order valence-electron chi connectivity index (χ0n) is 29.8. The van der Waals surface area contributed by atoms with Crippen LogP contribution in [0.1, 0.15) is 0 Å². The van der Waals surface area contributed by atoms with E-state index >= 15 is 0 Å². The summed E-state index contributed by atoms with van der Waals surface area (Å²) in [6, 6.07) is 65.7. The molecule has 0 N–H and O–H groups in total. The third kappa shape index (κ3) is 6.14. The highest BCUT2D eigenvalue weighted by molar-refractivity contribution is 6.10. The highest BCUT2D eigenvalue weighted by Crippen LogP contribution is 2.36. The highest BCUT2D eigenvalue weighted by atomic mass is 15.0. The molecule has 0 aliphatic carbocycles. The number of fused-ring (bicyclic) bond motifs is 3. The molecule has 10 aromatic rings. The van der Waals surface area contributed by atoms with Gasteiger partial charge in [-0.1, -0.05) is 146 Å². The van der Waals surface area contributed by atoms with Crippen molar-refractivity contribution in [3.8, 4) is 73.2 Å². The first-order valence-electron chi connectivity index (χ1n) is 18.4. The Labute approximate surface area is 318 Å². The van der Waals surface area contributed by atoms with E-state index in [0.717, 1.165) is 44.6 Å². The average Bonchev–Trinajstić information content (AvgIpc) is 3.61. The van der Waals surface area contributed by atoms with Crippen LogP contribution in [0.15, 0.2) is 200 Å². The summed E-state index contributed by atoms with van der Waals surface area (Å²) in [6.45, 7) is 0. The van der Waals surface area contributed by atoms with Gasteiger partial charge in [0.1, 0.15) is 0 Å². The van der Waals surface area contributed by atoms with Gasteiger partial charge in [-0.3, -0.25) is 4.98 Å². The Morgan fingerprint density at radius 2 is 0.800 bits per heavy atom. The molecule has 0 saturated carbocycles. The SMILES string of the molecule is c1ccc(-c2nc(-c3ccc(-c4ccc(-c5ccc6c(c5)c5ccccc5n6-c5ccccc5)cc4)cc3)nc(-c3cccc(-c4cccnc4)c3)n2)cc1. The van der Waals surface area contributed by atoms with Crippen LogP contribution >= 0.6 is 0 Å². The number of hydrogen-bond acceptors (Lipinski definition) is 4. The lowest BCUT2D eigenvalue weighted by atomic mass is 9.98. The molecule has 3 aromatic heterocycles. The number of nitrogens with zero attached hydrogens (tertiary/aromatic N) is 5. The lowest BCUT2D eigenvalue weighted by molar-refractivity contribution is 1.07. The molecule has 0 spiro atoms. The normalized spacial score (nSPS) is 11.3. The van der Waals surface area contributed by atoms with Gasteiger partial charge < -0.3 is 4.57 Å². The minimum absolute atomic E-state index is 0.622. The number of rotatable bonds is 7. The smallest absolute Gasteiger partial charge is 0.164 e. The van der Waals surface area contributed by atoms with Gasteiger partial charge in [0.2, 0.25) is 0 Å². The van der Waals surface area contributed by atoms with Gasteiger partial charge in [-0.15, -0.1) is 0 Å². The quantitative estimate of drug-likeness (QED) is 0.166. The number of hydrogen-bond donors (Lipinski definition) is 0. The molecule has 0 unspecified atom stereocenters. The fourth-order valence-corrected chi connectivity index (χ4v) is 7.40. The summed E-state index contributed by atoms with van der Waals surface area (Å²) in [5, 5.41) is 2.49. The van der Waals surface area contributed by atoms with Crippen LogP contribution in [0, 0.1) is 0 Å². The van der Waals surface area contributed by atoms with Crippen LogP contribution < -0.4 is 0 Å². The summed E-state index contributed by atoms with van der Waals surface area (Å²) in [4.78, 5) is 19.2. The van der Waals surface area contributed by atoms with Crippen LogP contribution in [0.25, 0.3) is 95.0 Å². The maximum atomic E-state index is 5.00. The molecule has 0 radical (unpaired) electrons. The third-order valence-corrected chi connectivity index (χ3v) is 10.2. The second-order valence-electron chi connectivity index (χ2n) is 13.6. The predicted molar refractivity (Wildman–Crippen MR) is 225 cm³/mol. The van der Waals surface area contributed by atoms with Crippen LogP contribution in [-0.2, 0) is 0 Å². The van der Waals surface area contributed by atoms with Crippen LogP contribution in [0.5, 0.6) is 0 Å². The monoisotopic (exact) mass is 703 g/mol. The molecule has 7 aromatic carbocycles. The largest absolute Gasteiger partial charge is 0.309 e. The maximum Gasteiger partial charge on any atom is 0.164 e. The molecule has 0 aliphatic rings. The molecule has 3 heterocycles. The van der Waals surface area contributed by atoms with Crippen molar-refractivity contribution in [3.05, 3.63) is 200 Å². The van der Waals surface area contributed by atoms with E-state index in [0.29, 0.717) is 17.5 Å². The third-order valence-electron chi connectivity index (χ3n) is 10.2. The van der Waals surface area contributed by atoms with Crippen molar-refractivity contribution in [2.45, 2.75) is 0 Å². The fraction of sp³-hybridized carbons (Fsp3) is 0. The molecule has 0 fully saturated rings. The van der Waals surface area contributed by atoms with E-state index in [1.54, 1.807) is 6.20 Å². The molecule has 10 rings (SSSR count). The van der Waals surface area contributed by atoms with E-state index in [9.17, 15) is 0 Å². The summed E-state index contributed by atoms with van der Waals surface area (Å²) in [5.41, 5.74) is 13.1. The molecule has 55 heavy (non-hydrogen) atoms. The Balaban J connectivity index is 0.966. The zero-order chi connectivity index (χ0) is 36.6. The molecule has 258 valence electrons. The standard InChI is InChI=1S/C50H33N5/c1-3-11-37(12-4-1)48-52-49(54-50(53-48)41-14-9-13-39(31-41)42-15-10-30-51-33-42)38-26-24-35(25-27-38)34-20-22-36(23-21-34)40-28-29-47-45(32-40)44-18-7-8-19-46(44)55(47)43-16-5-2-6-17-43/h1-33H. The fourth-order valence-electron chi connectivity index (χ4n) is 7.40. The van der Waals surface area contributed by atoms with Gasteiger partial charge in [0.05, 0.1) is 11.0 Å². The zero-order valence-corrected chi connectivity index (χ0v) is 29.8. The Morgan fingerprint density at radius 3 is 1.49 bits per heavy atom. The van der Waals surface area contributed by atoms with Crippen LogP contribution in [0.3, 0.4) is 0 Å². The topological polar surface area (TPSA) is 56.5 Å². The van der Waals surface area contributed by atoms with Gasteiger partial charge >= 0.3 is 0 Å². The van der Waals surface area contributed by atoms with Crippen molar-refractivity contribution >= 4 is 21.8 Å². The molecule has 0 saturated heterocycles. The average molecular weight is 704 g/mol. The van der Waals surface area contributed by atoms with E-state index in [1.807, 2.05) is 54.7 Å². The lowest BCUT2D eigenvalue weighted by Gasteiger charge is -2.10. The van der Waals surface area contributed by atoms with Gasteiger partial charge in [-0.2, -0.15) is 0 Å². The number of pyridine rings is 1. The Kier molecular flexibility index (Phi) is 8.08. The molecule has 0 atom stereocenters.